The van der Waals surface area contributed by atoms with Gasteiger partial charge in [-0.05, 0) is 63.8 Å². The molecule has 0 aliphatic rings. The number of hydrogen-bond acceptors (Lipinski definition) is 2. The van der Waals surface area contributed by atoms with Crippen LogP contribution in [0.1, 0.15) is 36.1 Å². The fraction of sp³-hybridized carbons (Fsp3) is 0.300. The molecule has 0 saturated carbocycles. The Labute approximate surface area is 133 Å². The summed E-state index contributed by atoms with van der Waals surface area (Å²) in [4.78, 5) is 9.60. The van der Waals surface area contributed by atoms with E-state index in [0.29, 0.717) is 0 Å². The summed E-state index contributed by atoms with van der Waals surface area (Å²) in [6, 6.07) is 12.5. The van der Waals surface area contributed by atoms with Gasteiger partial charge in [0.2, 0.25) is 0 Å². The Hall–Kier alpha value is -2.22. The van der Waals surface area contributed by atoms with Crippen LogP contribution >= 0.6 is 0 Å². The molecule has 0 amide bonds. The molecule has 2 aromatic rings. The van der Waals surface area contributed by atoms with Crippen LogP contribution in [-0.2, 0) is 0 Å². The third-order valence-corrected chi connectivity index (χ3v) is 3.96. The minimum atomic E-state index is 0.958. The molecular formula is C20H24N2. The SMILES string of the molecule is CC(=N/c1c(C)cccc1C)/C(C)=N\c1c(C)cccc1C. The number of para-hydroxylation sites is 2. The minimum Gasteiger partial charge on any atom is -0.251 e. The van der Waals surface area contributed by atoms with Crippen molar-refractivity contribution in [2.75, 3.05) is 0 Å². The zero-order valence-corrected chi connectivity index (χ0v) is 14.4. The van der Waals surface area contributed by atoms with E-state index in [9.17, 15) is 0 Å². The van der Waals surface area contributed by atoms with Gasteiger partial charge in [-0.1, -0.05) is 36.4 Å². The van der Waals surface area contributed by atoms with E-state index >= 15 is 0 Å². The Bertz CT molecular complexity index is 646. The highest BCUT2D eigenvalue weighted by molar-refractivity contribution is 6.41. The van der Waals surface area contributed by atoms with Gasteiger partial charge in [-0.15, -0.1) is 0 Å². The molecule has 0 aliphatic carbocycles. The van der Waals surface area contributed by atoms with Crippen molar-refractivity contribution in [3.63, 3.8) is 0 Å². The van der Waals surface area contributed by atoms with Crippen LogP contribution < -0.4 is 0 Å². The van der Waals surface area contributed by atoms with Gasteiger partial charge in [-0.2, -0.15) is 0 Å². The number of aryl methyl sites for hydroxylation is 4. The second kappa shape index (κ2) is 6.69. The molecule has 0 fully saturated rings. The van der Waals surface area contributed by atoms with Gasteiger partial charge < -0.3 is 0 Å². The Morgan fingerprint density at radius 3 is 1.14 bits per heavy atom. The predicted molar refractivity (Wildman–Crippen MR) is 97.4 cm³/mol. The second-order valence-corrected chi connectivity index (χ2v) is 5.88. The first-order chi connectivity index (χ1) is 10.4. The molecule has 0 aliphatic heterocycles. The van der Waals surface area contributed by atoms with Crippen molar-refractivity contribution in [2.45, 2.75) is 41.5 Å². The summed E-state index contributed by atoms with van der Waals surface area (Å²) in [6.45, 7) is 12.4. The van der Waals surface area contributed by atoms with Gasteiger partial charge in [-0.3, -0.25) is 9.98 Å². The van der Waals surface area contributed by atoms with Crippen LogP contribution in [0.3, 0.4) is 0 Å². The predicted octanol–water partition coefficient (Wildman–Crippen LogP) is 5.81. The molecule has 0 heterocycles. The Morgan fingerprint density at radius 1 is 0.591 bits per heavy atom. The molecule has 0 N–H and O–H groups in total. The van der Waals surface area contributed by atoms with Crippen LogP contribution in [0.2, 0.25) is 0 Å². The summed E-state index contributed by atoms with van der Waals surface area (Å²) in [6.07, 6.45) is 0. The third-order valence-electron chi connectivity index (χ3n) is 3.96. The van der Waals surface area contributed by atoms with Crippen LogP contribution in [0.15, 0.2) is 46.4 Å². The second-order valence-electron chi connectivity index (χ2n) is 5.88. The summed E-state index contributed by atoms with van der Waals surface area (Å²) >= 11 is 0. The summed E-state index contributed by atoms with van der Waals surface area (Å²) in [5, 5.41) is 0. The van der Waals surface area contributed by atoms with Gasteiger partial charge in [0, 0.05) is 0 Å². The van der Waals surface area contributed by atoms with E-state index in [-0.39, 0.29) is 0 Å². The van der Waals surface area contributed by atoms with Gasteiger partial charge in [0.25, 0.3) is 0 Å². The average Bonchev–Trinajstić information content (AvgIpc) is 2.46. The van der Waals surface area contributed by atoms with Crippen LogP contribution in [0.4, 0.5) is 11.4 Å². The summed E-state index contributed by atoms with van der Waals surface area (Å²) < 4.78 is 0. The van der Waals surface area contributed by atoms with E-state index in [1.165, 1.54) is 22.3 Å². The fourth-order valence-corrected chi connectivity index (χ4v) is 2.46. The maximum absolute atomic E-state index is 4.80. The van der Waals surface area contributed by atoms with Crippen molar-refractivity contribution in [1.82, 2.24) is 0 Å². The van der Waals surface area contributed by atoms with Gasteiger partial charge in [0.1, 0.15) is 0 Å². The van der Waals surface area contributed by atoms with Gasteiger partial charge in [0.15, 0.2) is 0 Å². The number of aliphatic imine (C=N–C) groups is 2. The maximum Gasteiger partial charge on any atom is 0.0691 e. The Balaban J connectivity index is 2.42. The standard InChI is InChI=1S/C20H24N2/c1-13-9-7-10-14(2)19(13)21-17(5)18(6)22-20-15(3)11-8-12-16(20)4/h7-12H,1-6H3/b21-17-,22-18-. The fourth-order valence-electron chi connectivity index (χ4n) is 2.46. The molecule has 0 radical (unpaired) electrons. The first kappa shape index (κ1) is 16.2. The summed E-state index contributed by atoms with van der Waals surface area (Å²) in [5.41, 5.74) is 8.80. The molecule has 2 heteroatoms. The molecule has 0 unspecified atom stereocenters. The van der Waals surface area contributed by atoms with Crippen molar-refractivity contribution < 1.29 is 0 Å². The van der Waals surface area contributed by atoms with Crippen LogP contribution in [0.5, 0.6) is 0 Å². The molecule has 22 heavy (non-hydrogen) atoms. The number of hydrogen-bond donors (Lipinski definition) is 0. The minimum absolute atomic E-state index is 0.958. The summed E-state index contributed by atoms with van der Waals surface area (Å²) in [7, 11) is 0. The molecule has 0 spiro atoms. The van der Waals surface area contributed by atoms with Crippen molar-refractivity contribution in [3.05, 3.63) is 58.7 Å². The Morgan fingerprint density at radius 2 is 0.864 bits per heavy atom. The zero-order chi connectivity index (χ0) is 16.3. The molecule has 2 nitrogen and oxygen atoms in total. The quantitative estimate of drug-likeness (QED) is 0.638. The van der Waals surface area contributed by atoms with Gasteiger partial charge in [-0.25, -0.2) is 0 Å². The molecule has 2 rings (SSSR count). The van der Waals surface area contributed by atoms with E-state index in [4.69, 9.17) is 9.98 Å². The van der Waals surface area contributed by atoms with Crippen molar-refractivity contribution in [1.29, 1.82) is 0 Å². The monoisotopic (exact) mass is 292 g/mol. The molecular weight excluding hydrogens is 268 g/mol. The molecule has 114 valence electrons. The lowest BCUT2D eigenvalue weighted by molar-refractivity contribution is 1.31. The topological polar surface area (TPSA) is 24.7 Å². The summed E-state index contributed by atoms with van der Waals surface area (Å²) in [5.74, 6) is 0. The smallest absolute Gasteiger partial charge is 0.0691 e. The first-order valence-electron chi connectivity index (χ1n) is 7.63. The molecule has 0 saturated heterocycles. The molecule has 2 aromatic carbocycles. The van der Waals surface area contributed by atoms with Crippen molar-refractivity contribution in [3.8, 4) is 0 Å². The lowest BCUT2D eigenvalue weighted by Gasteiger charge is -2.08. The third kappa shape index (κ3) is 3.51. The lowest BCUT2D eigenvalue weighted by atomic mass is 10.1. The zero-order valence-electron chi connectivity index (χ0n) is 14.4. The molecule has 0 bridgehead atoms. The van der Waals surface area contributed by atoms with E-state index in [1.54, 1.807) is 0 Å². The highest BCUT2D eigenvalue weighted by Crippen LogP contribution is 2.25. The largest absolute Gasteiger partial charge is 0.251 e. The number of benzene rings is 2. The number of rotatable bonds is 3. The molecule has 0 aromatic heterocycles. The highest BCUT2D eigenvalue weighted by Gasteiger charge is 2.05. The number of nitrogens with zero attached hydrogens (tertiary/aromatic N) is 2. The highest BCUT2D eigenvalue weighted by atomic mass is 14.8. The normalized spacial score (nSPS) is 12.6. The molecule has 0 atom stereocenters. The van der Waals surface area contributed by atoms with Crippen molar-refractivity contribution >= 4 is 22.8 Å². The van der Waals surface area contributed by atoms with E-state index in [2.05, 4.69) is 64.1 Å². The van der Waals surface area contributed by atoms with Crippen LogP contribution in [-0.4, -0.2) is 11.4 Å². The van der Waals surface area contributed by atoms with Crippen molar-refractivity contribution in [2.24, 2.45) is 9.98 Å². The average molecular weight is 292 g/mol. The van der Waals surface area contributed by atoms with Gasteiger partial charge >= 0.3 is 0 Å². The lowest BCUT2D eigenvalue weighted by Crippen LogP contribution is -2.05. The van der Waals surface area contributed by atoms with E-state index < -0.39 is 0 Å². The van der Waals surface area contributed by atoms with Crippen LogP contribution in [0, 0.1) is 27.7 Å². The van der Waals surface area contributed by atoms with E-state index in [1.807, 2.05) is 13.8 Å². The maximum atomic E-state index is 4.80. The first-order valence-corrected chi connectivity index (χ1v) is 7.63. The van der Waals surface area contributed by atoms with Crippen LogP contribution in [0.25, 0.3) is 0 Å². The van der Waals surface area contributed by atoms with E-state index in [0.717, 1.165) is 22.8 Å². The Kier molecular flexibility index (Phi) is 4.92. The van der Waals surface area contributed by atoms with Gasteiger partial charge in [0.05, 0.1) is 22.8 Å².